The third kappa shape index (κ3) is 3.99. The zero-order chi connectivity index (χ0) is 19.6. The van der Waals surface area contributed by atoms with Crippen LogP contribution in [0.2, 0.25) is 0 Å². The topological polar surface area (TPSA) is 56.1 Å². The van der Waals surface area contributed by atoms with Crippen LogP contribution in [0.4, 0.5) is 8.78 Å². The highest BCUT2D eigenvalue weighted by atomic mass is 19.3. The molecule has 0 radical (unpaired) electrons. The van der Waals surface area contributed by atoms with Gasteiger partial charge in [-0.1, -0.05) is 12.1 Å². The molecule has 0 saturated heterocycles. The van der Waals surface area contributed by atoms with Crippen LogP contribution < -0.4 is 9.47 Å². The molecule has 3 rings (SSSR count). The minimum atomic E-state index is -2.94. The van der Waals surface area contributed by atoms with E-state index in [0.29, 0.717) is 16.9 Å². The van der Waals surface area contributed by atoms with E-state index in [1.807, 2.05) is 29.5 Å². The van der Waals surface area contributed by atoms with Gasteiger partial charge in [-0.3, -0.25) is 4.79 Å². The summed E-state index contributed by atoms with van der Waals surface area (Å²) in [5.41, 5.74) is 2.71. The molecule has 6 nitrogen and oxygen atoms in total. The first-order chi connectivity index (χ1) is 12.9. The van der Waals surface area contributed by atoms with Crippen LogP contribution in [-0.2, 0) is 6.54 Å². The summed E-state index contributed by atoms with van der Waals surface area (Å²) in [5, 5.41) is 0. The molecule has 0 N–H and O–H groups in total. The Bertz CT molecular complexity index is 972. The molecular formula is C19H19F2N3O3. The highest BCUT2D eigenvalue weighted by molar-refractivity contribution is 5.92. The zero-order valence-electron chi connectivity index (χ0n) is 15.1. The summed E-state index contributed by atoms with van der Waals surface area (Å²) in [6.07, 6.45) is 1.70. The molecule has 0 aliphatic carbocycles. The molecule has 0 aliphatic rings. The number of carbonyl (C=O) groups excluding carboxylic acids is 1. The monoisotopic (exact) mass is 375 g/mol. The van der Waals surface area contributed by atoms with Gasteiger partial charge in [-0.05, 0) is 36.8 Å². The maximum atomic E-state index is 12.7. The minimum absolute atomic E-state index is 0.0546. The van der Waals surface area contributed by atoms with E-state index in [0.717, 1.165) is 5.69 Å². The number of alkyl halides is 2. The summed E-state index contributed by atoms with van der Waals surface area (Å²) in [7, 11) is 3.01. The number of aryl methyl sites for hydroxylation is 1. The largest absolute Gasteiger partial charge is 0.493 e. The van der Waals surface area contributed by atoms with E-state index in [1.165, 1.54) is 18.1 Å². The standard InChI is InChI=1S/C19H19F2N3O3/c1-12-5-4-6-17-22-14(11-24(12)17)18(25)23(2)10-13-7-8-15(27-19(20)21)16(9-13)26-3/h4-9,11,19H,10H2,1-3H3. The Morgan fingerprint density at radius 3 is 2.70 bits per heavy atom. The number of carbonyl (C=O) groups is 1. The average Bonchev–Trinajstić information content (AvgIpc) is 3.07. The number of pyridine rings is 1. The van der Waals surface area contributed by atoms with Gasteiger partial charge in [0.1, 0.15) is 11.3 Å². The first-order valence-electron chi connectivity index (χ1n) is 8.21. The van der Waals surface area contributed by atoms with Gasteiger partial charge in [0.05, 0.1) is 7.11 Å². The van der Waals surface area contributed by atoms with Crippen LogP contribution in [0.5, 0.6) is 11.5 Å². The van der Waals surface area contributed by atoms with Crippen molar-refractivity contribution in [3.05, 3.63) is 59.5 Å². The maximum absolute atomic E-state index is 12.7. The predicted molar refractivity (Wildman–Crippen MR) is 95.4 cm³/mol. The number of nitrogens with zero attached hydrogens (tertiary/aromatic N) is 3. The van der Waals surface area contributed by atoms with E-state index in [1.54, 1.807) is 25.4 Å². The molecule has 0 saturated carbocycles. The fourth-order valence-corrected chi connectivity index (χ4v) is 2.80. The number of ether oxygens (including phenoxy) is 2. The second-order valence-electron chi connectivity index (χ2n) is 6.05. The first kappa shape index (κ1) is 18.6. The van der Waals surface area contributed by atoms with Crippen molar-refractivity contribution >= 4 is 11.6 Å². The Balaban J connectivity index is 1.78. The van der Waals surface area contributed by atoms with Gasteiger partial charge >= 0.3 is 6.61 Å². The molecule has 8 heteroatoms. The number of rotatable bonds is 6. The summed E-state index contributed by atoms with van der Waals surface area (Å²) < 4.78 is 36.2. The number of benzene rings is 1. The molecule has 1 aromatic carbocycles. The quantitative estimate of drug-likeness (QED) is 0.662. The Kier molecular flexibility index (Phi) is 5.25. The van der Waals surface area contributed by atoms with E-state index >= 15 is 0 Å². The van der Waals surface area contributed by atoms with Gasteiger partial charge in [0.2, 0.25) is 0 Å². The fourth-order valence-electron chi connectivity index (χ4n) is 2.80. The number of amides is 1. The molecule has 0 aliphatic heterocycles. The van der Waals surface area contributed by atoms with E-state index in [4.69, 9.17) is 4.74 Å². The van der Waals surface area contributed by atoms with E-state index < -0.39 is 6.61 Å². The molecule has 2 heterocycles. The van der Waals surface area contributed by atoms with Gasteiger partial charge in [-0.25, -0.2) is 4.98 Å². The summed E-state index contributed by atoms with van der Waals surface area (Å²) in [6.45, 7) is -0.744. The van der Waals surface area contributed by atoms with Gasteiger partial charge < -0.3 is 18.8 Å². The summed E-state index contributed by atoms with van der Waals surface area (Å²) in [4.78, 5) is 18.6. The molecule has 2 aromatic heterocycles. The lowest BCUT2D eigenvalue weighted by Crippen LogP contribution is -2.26. The van der Waals surface area contributed by atoms with Gasteiger partial charge in [-0.15, -0.1) is 0 Å². The third-order valence-electron chi connectivity index (χ3n) is 4.13. The van der Waals surface area contributed by atoms with Crippen LogP contribution in [0.3, 0.4) is 0 Å². The summed E-state index contributed by atoms with van der Waals surface area (Å²) in [5.74, 6) is -0.122. The third-order valence-corrected chi connectivity index (χ3v) is 4.13. The molecule has 0 spiro atoms. The Hall–Kier alpha value is -3.16. The smallest absolute Gasteiger partial charge is 0.387 e. The van der Waals surface area contributed by atoms with Crippen molar-refractivity contribution in [2.45, 2.75) is 20.1 Å². The second kappa shape index (κ2) is 7.61. The van der Waals surface area contributed by atoms with E-state index in [9.17, 15) is 13.6 Å². The molecule has 142 valence electrons. The zero-order valence-corrected chi connectivity index (χ0v) is 15.1. The minimum Gasteiger partial charge on any atom is -0.493 e. The molecule has 3 aromatic rings. The highest BCUT2D eigenvalue weighted by Gasteiger charge is 2.18. The summed E-state index contributed by atoms with van der Waals surface area (Å²) in [6, 6.07) is 10.2. The number of methoxy groups -OCH3 is 1. The molecule has 0 atom stereocenters. The van der Waals surface area contributed by atoms with Crippen LogP contribution in [0.1, 0.15) is 21.7 Å². The van der Waals surface area contributed by atoms with Crippen LogP contribution in [-0.4, -0.2) is 41.0 Å². The lowest BCUT2D eigenvalue weighted by atomic mass is 10.2. The number of hydrogen-bond acceptors (Lipinski definition) is 4. The molecule has 0 fully saturated rings. The van der Waals surface area contributed by atoms with Crippen LogP contribution in [0.15, 0.2) is 42.6 Å². The Labute approximate surface area is 154 Å². The molecule has 0 bridgehead atoms. The van der Waals surface area contributed by atoms with E-state index in [2.05, 4.69) is 9.72 Å². The molecular weight excluding hydrogens is 356 g/mol. The number of halogens is 2. The van der Waals surface area contributed by atoms with Crippen molar-refractivity contribution in [1.29, 1.82) is 0 Å². The first-order valence-corrected chi connectivity index (χ1v) is 8.21. The number of imidazole rings is 1. The normalized spacial score (nSPS) is 11.0. The van der Waals surface area contributed by atoms with Crippen molar-refractivity contribution in [3.8, 4) is 11.5 Å². The van der Waals surface area contributed by atoms with Crippen LogP contribution in [0.25, 0.3) is 5.65 Å². The summed E-state index contributed by atoms with van der Waals surface area (Å²) >= 11 is 0. The van der Waals surface area contributed by atoms with Crippen molar-refractivity contribution < 1.29 is 23.0 Å². The van der Waals surface area contributed by atoms with Gasteiger partial charge in [-0.2, -0.15) is 8.78 Å². The highest BCUT2D eigenvalue weighted by Crippen LogP contribution is 2.30. The van der Waals surface area contributed by atoms with E-state index in [-0.39, 0.29) is 24.0 Å². The van der Waals surface area contributed by atoms with Crippen molar-refractivity contribution in [1.82, 2.24) is 14.3 Å². The number of fused-ring (bicyclic) bond motifs is 1. The SMILES string of the molecule is COc1cc(CN(C)C(=O)c2cn3c(C)cccc3n2)ccc1OC(F)F. The van der Waals surface area contributed by atoms with Gasteiger partial charge in [0.15, 0.2) is 11.5 Å². The lowest BCUT2D eigenvalue weighted by molar-refractivity contribution is -0.0512. The Morgan fingerprint density at radius 2 is 2.04 bits per heavy atom. The molecule has 0 unspecified atom stereocenters. The Morgan fingerprint density at radius 1 is 1.26 bits per heavy atom. The average molecular weight is 375 g/mol. The van der Waals surface area contributed by atoms with Crippen molar-refractivity contribution in [2.24, 2.45) is 0 Å². The van der Waals surface area contributed by atoms with Gasteiger partial charge in [0.25, 0.3) is 5.91 Å². The lowest BCUT2D eigenvalue weighted by Gasteiger charge is -2.17. The number of aromatic nitrogens is 2. The number of hydrogen-bond donors (Lipinski definition) is 0. The second-order valence-corrected chi connectivity index (χ2v) is 6.05. The molecule has 1 amide bonds. The van der Waals surface area contributed by atoms with Crippen molar-refractivity contribution in [3.63, 3.8) is 0 Å². The van der Waals surface area contributed by atoms with Crippen LogP contribution >= 0.6 is 0 Å². The maximum Gasteiger partial charge on any atom is 0.387 e. The van der Waals surface area contributed by atoms with Gasteiger partial charge in [0, 0.05) is 25.5 Å². The van der Waals surface area contributed by atoms with Crippen molar-refractivity contribution in [2.75, 3.05) is 14.2 Å². The fraction of sp³-hybridized carbons (Fsp3) is 0.263. The predicted octanol–water partition coefficient (Wildman–Crippen LogP) is 3.52. The van der Waals surface area contributed by atoms with Crippen LogP contribution in [0, 0.1) is 6.92 Å². The molecule has 27 heavy (non-hydrogen) atoms.